The van der Waals surface area contributed by atoms with E-state index in [-0.39, 0.29) is 36.4 Å². The van der Waals surface area contributed by atoms with Gasteiger partial charge in [-0.05, 0) is 70.9 Å². The lowest BCUT2D eigenvalue weighted by molar-refractivity contribution is -0.150. The molecule has 6 heteroatoms. The minimum Gasteiger partial charge on any atom is -0.465 e. The van der Waals surface area contributed by atoms with Gasteiger partial charge in [0, 0.05) is 6.04 Å². The second kappa shape index (κ2) is 41.5. The first-order valence-electron chi connectivity index (χ1n) is 24.2. The van der Waals surface area contributed by atoms with Crippen molar-refractivity contribution >= 4 is 11.9 Å². The van der Waals surface area contributed by atoms with Crippen molar-refractivity contribution in [1.82, 2.24) is 4.90 Å². The minimum absolute atomic E-state index is 0.0450. The summed E-state index contributed by atoms with van der Waals surface area (Å²) in [7, 11) is 0. The number of rotatable bonds is 43. The highest BCUT2D eigenvalue weighted by atomic mass is 16.5. The number of carbonyl (C=O) groups excluding carboxylic acids is 2. The van der Waals surface area contributed by atoms with Gasteiger partial charge in [0.2, 0.25) is 0 Å². The van der Waals surface area contributed by atoms with Crippen molar-refractivity contribution in [3.63, 3.8) is 0 Å². The standard InChI is InChI=1S/C48H95NO5/c1-6-11-15-19-21-29-37-44(35-27-17-13-8-3)47(51)53-41-33-25-23-31-39-49(46(10-5)43-50)40-32-24-26-34-42-54-48(52)45(36-28-18-14-9-4)38-30-22-20-16-12-7-2/h44-46,50H,6-43H2,1-5H3. The van der Waals surface area contributed by atoms with Crippen molar-refractivity contribution in [2.45, 2.75) is 253 Å². The van der Waals surface area contributed by atoms with Crippen molar-refractivity contribution in [3.8, 4) is 0 Å². The first-order valence-corrected chi connectivity index (χ1v) is 24.2. The summed E-state index contributed by atoms with van der Waals surface area (Å²) < 4.78 is 11.6. The molecule has 0 aliphatic carbocycles. The highest BCUT2D eigenvalue weighted by Gasteiger charge is 2.21. The number of esters is 2. The Kier molecular flexibility index (Phi) is 40.6. The fourth-order valence-electron chi connectivity index (χ4n) is 7.84. The molecular formula is C48H95NO5. The Labute approximate surface area is 337 Å². The first-order chi connectivity index (χ1) is 26.5. The van der Waals surface area contributed by atoms with E-state index in [1.54, 1.807) is 0 Å². The average Bonchev–Trinajstić information content (AvgIpc) is 3.18. The van der Waals surface area contributed by atoms with Crippen molar-refractivity contribution in [2.24, 2.45) is 11.8 Å². The highest BCUT2D eigenvalue weighted by Crippen LogP contribution is 2.22. The van der Waals surface area contributed by atoms with E-state index >= 15 is 0 Å². The molecule has 0 aromatic carbocycles. The maximum absolute atomic E-state index is 13.0. The number of aliphatic hydroxyl groups excluding tert-OH is 1. The van der Waals surface area contributed by atoms with Gasteiger partial charge in [-0.2, -0.15) is 0 Å². The quantitative estimate of drug-likeness (QED) is 0.0492. The molecule has 1 N–H and O–H groups in total. The summed E-state index contributed by atoms with van der Waals surface area (Å²) in [5.41, 5.74) is 0. The van der Waals surface area contributed by atoms with Gasteiger partial charge in [-0.25, -0.2) is 0 Å². The molecule has 0 saturated carbocycles. The van der Waals surface area contributed by atoms with Crippen LogP contribution < -0.4 is 0 Å². The Balaban J connectivity index is 4.41. The van der Waals surface area contributed by atoms with Crippen molar-refractivity contribution in [3.05, 3.63) is 0 Å². The third-order valence-corrected chi connectivity index (χ3v) is 11.7. The van der Waals surface area contributed by atoms with Gasteiger partial charge in [0.25, 0.3) is 0 Å². The third-order valence-electron chi connectivity index (χ3n) is 11.7. The van der Waals surface area contributed by atoms with E-state index < -0.39 is 0 Å². The number of carbonyl (C=O) groups is 2. The molecule has 3 unspecified atom stereocenters. The van der Waals surface area contributed by atoms with Crippen molar-refractivity contribution < 1.29 is 24.2 Å². The van der Waals surface area contributed by atoms with Gasteiger partial charge in [0.15, 0.2) is 0 Å². The monoisotopic (exact) mass is 766 g/mol. The van der Waals surface area contributed by atoms with E-state index in [1.165, 1.54) is 103 Å². The predicted octanol–water partition coefficient (Wildman–Crippen LogP) is 13.9. The Morgan fingerprint density at radius 1 is 0.426 bits per heavy atom. The molecule has 0 radical (unpaired) electrons. The summed E-state index contributed by atoms with van der Waals surface area (Å²) >= 11 is 0. The van der Waals surface area contributed by atoms with Crippen LogP contribution in [0, 0.1) is 11.8 Å². The lowest BCUT2D eigenvalue weighted by atomic mass is 9.94. The minimum atomic E-state index is 0.0450. The van der Waals surface area contributed by atoms with Crippen molar-refractivity contribution in [1.29, 1.82) is 0 Å². The van der Waals surface area contributed by atoms with E-state index in [4.69, 9.17) is 9.47 Å². The zero-order chi connectivity index (χ0) is 39.7. The summed E-state index contributed by atoms with van der Waals surface area (Å²) in [5, 5.41) is 10.1. The molecule has 322 valence electrons. The molecule has 0 rings (SSSR count). The van der Waals surface area contributed by atoms with Gasteiger partial charge in [-0.1, -0.05) is 189 Å². The molecule has 0 amide bonds. The third kappa shape index (κ3) is 32.0. The fourth-order valence-corrected chi connectivity index (χ4v) is 7.84. The Morgan fingerprint density at radius 2 is 0.722 bits per heavy atom. The number of hydrogen-bond donors (Lipinski definition) is 1. The number of nitrogens with zero attached hydrogens (tertiary/aromatic N) is 1. The van der Waals surface area contributed by atoms with E-state index in [2.05, 4.69) is 39.5 Å². The molecule has 54 heavy (non-hydrogen) atoms. The van der Waals surface area contributed by atoms with Crippen LogP contribution in [0.2, 0.25) is 0 Å². The zero-order valence-corrected chi connectivity index (χ0v) is 37.1. The van der Waals surface area contributed by atoms with Crippen LogP contribution in [0.15, 0.2) is 0 Å². The van der Waals surface area contributed by atoms with Gasteiger partial charge in [-0.15, -0.1) is 0 Å². The highest BCUT2D eigenvalue weighted by molar-refractivity contribution is 5.72. The summed E-state index contributed by atoms with van der Waals surface area (Å²) in [6.45, 7) is 14.5. The molecule has 0 spiro atoms. The molecule has 0 heterocycles. The Morgan fingerprint density at radius 3 is 1.06 bits per heavy atom. The molecule has 0 aromatic heterocycles. The molecule has 0 aliphatic heterocycles. The average molecular weight is 766 g/mol. The topological polar surface area (TPSA) is 76.1 Å². The van der Waals surface area contributed by atoms with Crippen LogP contribution in [0.4, 0.5) is 0 Å². The summed E-state index contributed by atoms with van der Waals surface area (Å²) in [4.78, 5) is 28.4. The largest absolute Gasteiger partial charge is 0.465 e. The van der Waals surface area contributed by atoms with Gasteiger partial charge >= 0.3 is 11.9 Å². The van der Waals surface area contributed by atoms with Gasteiger partial charge < -0.3 is 14.6 Å². The second-order valence-corrected chi connectivity index (χ2v) is 16.6. The van der Waals surface area contributed by atoms with Crippen LogP contribution in [0.1, 0.15) is 247 Å². The molecule has 0 saturated heterocycles. The number of hydrogen-bond acceptors (Lipinski definition) is 6. The lowest BCUT2D eigenvalue weighted by Gasteiger charge is -2.30. The lowest BCUT2D eigenvalue weighted by Crippen LogP contribution is -2.39. The Bertz CT molecular complexity index is 729. The summed E-state index contributed by atoms with van der Waals surface area (Å²) in [6, 6.07) is 0.216. The molecule has 0 fully saturated rings. The number of aliphatic hydroxyl groups is 1. The van der Waals surface area contributed by atoms with E-state index in [1.807, 2.05) is 0 Å². The molecule has 0 aromatic rings. The van der Waals surface area contributed by atoms with Gasteiger partial charge in [0.05, 0.1) is 31.7 Å². The Hall–Kier alpha value is -1.14. The molecule has 6 nitrogen and oxygen atoms in total. The van der Waals surface area contributed by atoms with E-state index in [0.29, 0.717) is 13.2 Å². The van der Waals surface area contributed by atoms with Crippen LogP contribution in [0.5, 0.6) is 0 Å². The molecular weight excluding hydrogens is 671 g/mol. The SMILES string of the molecule is CCCCCCCCC(CCCCCC)C(=O)OCCCCCCN(CCCCCCOC(=O)C(CCCCCC)CCCCCCCC)C(CC)CO. The summed E-state index contributed by atoms with van der Waals surface area (Å²) in [6.07, 6.45) is 38.2. The first kappa shape index (κ1) is 52.9. The maximum Gasteiger partial charge on any atom is 0.308 e. The van der Waals surface area contributed by atoms with E-state index in [0.717, 1.165) is 122 Å². The van der Waals surface area contributed by atoms with Gasteiger partial charge in [0.1, 0.15) is 0 Å². The van der Waals surface area contributed by atoms with Gasteiger partial charge in [-0.3, -0.25) is 14.5 Å². The van der Waals surface area contributed by atoms with Crippen LogP contribution >= 0.6 is 0 Å². The molecule has 0 bridgehead atoms. The normalized spacial score (nSPS) is 13.3. The van der Waals surface area contributed by atoms with Crippen molar-refractivity contribution in [2.75, 3.05) is 32.9 Å². The van der Waals surface area contributed by atoms with Crippen LogP contribution in [0.3, 0.4) is 0 Å². The smallest absolute Gasteiger partial charge is 0.308 e. The van der Waals surface area contributed by atoms with Crippen LogP contribution in [-0.4, -0.2) is 60.9 Å². The van der Waals surface area contributed by atoms with Crippen LogP contribution in [-0.2, 0) is 19.1 Å². The summed E-state index contributed by atoms with van der Waals surface area (Å²) in [5.74, 6) is 0.253. The maximum atomic E-state index is 13.0. The molecule has 0 aliphatic rings. The zero-order valence-electron chi connectivity index (χ0n) is 37.1. The predicted molar refractivity (Wildman–Crippen MR) is 232 cm³/mol. The number of unbranched alkanes of at least 4 members (excludes halogenated alkanes) is 22. The molecule has 3 atom stereocenters. The fraction of sp³-hybridized carbons (Fsp3) is 0.958. The van der Waals surface area contributed by atoms with Crippen LogP contribution in [0.25, 0.3) is 0 Å². The number of ether oxygens (including phenoxy) is 2. The second-order valence-electron chi connectivity index (χ2n) is 16.6. The van der Waals surface area contributed by atoms with E-state index in [9.17, 15) is 14.7 Å².